The summed E-state index contributed by atoms with van der Waals surface area (Å²) in [5.41, 5.74) is 0. The highest BCUT2D eigenvalue weighted by Crippen LogP contribution is 2.28. The number of alkyl halides is 1. The van der Waals surface area contributed by atoms with Gasteiger partial charge in [0.05, 0.1) is 18.0 Å². The zero-order chi connectivity index (χ0) is 9.68. The Kier molecular flexibility index (Phi) is 4.19. The van der Waals surface area contributed by atoms with Crippen LogP contribution in [0, 0.1) is 0 Å². The van der Waals surface area contributed by atoms with E-state index in [-0.39, 0.29) is 0 Å². The summed E-state index contributed by atoms with van der Waals surface area (Å²) in [6, 6.07) is 5.23. The van der Waals surface area contributed by atoms with Gasteiger partial charge in [-0.15, -0.1) is 11.6 Å². The summed E-state index contributed by atoms with van der Waals surface area (Å²) in [6.45, 7) is 0.439. The zero-order valence-electron chi connectivity index (χ0n) is 7.22. The highest BCUT2D eigenvalue weighted by atomic mass is 35.5. The van der Waals surface area contributed by atoms with E-state index in [0.717, 1.165) is 0 Å². The van der Waals surface area contributed by atoms with E-state index < -0.39 is 0 Å². The van der Waals surface area contributed by atoms with Crippen LogP contribution in [0.2, 0.25) is 5.02 Å². The van der Waals surface area contributed by atoms with E-state index in [2.05, 4.69) is 0 Å². The number of hydrogen-bond donors (Lipinski definition) is 0. The summed E-state index contributed by atoms with van der Waals surface area (Å²) >= 11 is 11.3. The number of hydrogen-bond acceptors (Lipinski definition) is 2. The fourth-order valence-corrected chi connectivity index (χ4v) is 1.12. The first-order valence-electron chi connectivity index (χ1n) is 3.80. The molecule has 0 radical (unpaired) electrons. The molecule has 72 valence electrons. The van der Waals surface area contributed by atoms with Crippen LogP contribution in [0.3, 0.4) is 0 Å². The van der Waals surface area contributed by atoms with Crippen molar-refractivity contribution in [3.63, 3.8) is 0 Å². The fraction of sp³-hybridized carbons (Fsp3) is 0.333. The van der Waals surface area contributed by atoms with E-state index in [1.54, 1.807) is 25.3 Å². The molecule has 0 heterocycles. The second-order valence-corrected chi connectivity index (χ2v) is 3.12. The predicted molar refractivity (Wildman–Crippen MR) is 54.2 cm³/mol. The fourth-order valence-electron chi connectivity index (χ4n) is 0.870. The molecule has 0 fully saturated rings. The lowest BCUT2D eigenvalue weighted by Crippen LogP contribution is -1.98. The third-order valence-corrected chi connectivity index (χ3v) is 1.94. The van der Waals surface area contributed by atoms with Crippen molar-refractivity contribution >= 4 is 23.2 Å². The molecule has 2 nitrogen and oxygen atoms in total. The lowest BCUT2D eigenvalue weighted by atomic mass is 10.3. The molecular weight excluding hydrogens is 211 g/mol. The van der Waals surface area contributed by atoms with Gasteiger partial charge >= 0.3 is 0 Å². The summed E-state index contributed by atoms with van der Waals surface area (Å²) in [5, 5.41) is 0.561. The lowest BCUT2D eigenvalue weighted by Gasteiger charge is -2.07. The van der Waals surface area contributed by atoms with Crippen LogP contribution in [0.5, 0.6) is 11.5 Å². The maximum atomic E-state index is 5.87. The smallest absolute Gasteiger partial charge is 0.141 e. The molecule has 0 saturated carbocycles. The minimum Gasteiger partial charge on any atom is -0.497 e. The summed E-state index contributed by atoms with van der Waals surface area (Å²) in [5.74, 6) is 1.75. The first-order valence-corrected chi connectivity index (χ1v) is 4.71. The molecule has 1 aromatic rings. The van der Waals surface area contributed by atoms with Crippen LogP contribution in [0.25, 0.3) is 0 Å². The van der Waals surface area contributed by atoms with Crippen LogP contribution in [-0.2, 0) is 0 Å². The Morgan fingerprint density at radius 2 is 2.15 bits per heavy atom. The molecule has 0 spiro atoms. The summed E-state index contributed by atoms with van der Waals surface area (Å²) in [6.07, 6.45) is 0. The number of halogens is 2. The van der Waals surface area contributed by atoms with Gasteiger partial charge in [-0.3, -0.25) is 0 Å². The summed E-state index contributed by atoms with van der Waals surface area (Å²) in [7, 11) is 1.59. The Morgan fingerprint density at radius 3 is 2.77 bits per heavy atom. The van der Waals surface area contributed by atoms with E-state index in [1.165, 1.54) is 0 Å². The lowest BCUT2D eigenvalue weighted by molar-refractivity contribution is 0.339. The second-order valence-electron chi connectivity index (χ2n) is 2.33. The van der Waals surface area contributed by atoms with Gasteiger partial charge in [0.25, 0.3) is 0 Å². The van der Waals surface area contributed by atoms with Crippen molar-refractivity contribution < 1.29 is 9.47 Å². The van der Waals surface area contributed by atoms with Crippen LogP contribution >= 0.6 is 23.2 Å². The standard InChI is InChI=1S/C9H10Cl2O2/c1-12-7-2-3-8(11)9(6-7)13-5-4-10/h2-3,6H,4-5H2,1H3. The van der Waals surface area contributed by atoms with Crippen molar-refractivity contribution in [3.8, 4) is 11.5 Å². The quantitative estimate of drug-likeness (QED) is 0.727. The van der Waals surface area contributed by atoms with E-state index in [0.29, 0.717) is 29.0 Å². The molecule has 0 unspecified atom stereocenters. The molecule has 4 heteroatoms. The van der Waals surface area contributed by atoms with Gasteiger partial charge in [0.1, 0.15) is 18.1 Å². The molecule has 0 aromatic heterocycles. The Morgan fingerprint density at radius 1 is 1.38 bits per heavy atom. The third-order valence-electron chi connectivity index (χ3n) is 1.47. The number of methoxy groups -OCH3 is 1. The average molecular weight is 221 g/mol. The Hall–Kier alpha value is -0.600. The maximum Gasteiger partial charge on any atom is 0.141 e. The monoisotopic (exact) mass is 220 g/mol. The number of ether oxygens (including phenoxy) is 2. The highest BCUT2D eigenvalue weighted by molar-refractivity contribution is 6.32. The van der Waals surface area contributed by atoms with Crippen LogP contribution in [-0.4, -0.2) is 19.6 Å². The molecule has 0 aliphatic heterocycles. The van der Waals surface area contributed by atoms with Crippen molar-refractivity contribution in [1.29, 1.82) is 0 Å². The van der Waals surface area contributed by atoms with Crippen molar-refractivity contribution in [3.05, 3.63) is 23.2 Å². The normalized spacial score (nSPS) is 9.77. The van der Waals surface area contributed by atoms with Gasteiger partial charge < -0.3 is 9.47 Å². The summed E-state index contributed by atoms with van der Waals surface area (Å²) < 4.78 is 10.3. The van der Waals surface area contributed by atoms with Crippen LogP contribution in [0.4, 0.5) is 0 Å². The van der Waals surface area contributed by atoms with Gasteiger partial charge in [-0.25, -0.2) is 0 Å². The first kappa shape index (κ1) is 10.5. The third kappa shape index (κ3) is 2.98. The molecule has 0 amide bonds. The second kappa shape index (κ2) is 5.20. The Labute approximate surface area is 87.4 Å². The van der Waals surface area contributed by atoms with Gasteiger partial charge in [0.2, 0.25) is 0 Å². The van der Waals surface area contributed by atoms with Crippen molar-refractivity contribution in [2.24, 2.45) is 0 Å². The molecular formula is C9H10Cl2O2. The van der Waals surface area contributed by atoms with Gasteiger partial charge in [-0.1, -0.05) is 11.6 Å². The maximum absolute atomic E-state index is 5.87. The van der Waals surface area contributed by atoms with E-state index in [4.69, 9.17) is 32.7 Å². The molecule has 0 bridgehead atoms. The predicted octanol–water partition coefficient (Wildman–Crippen LogP) is 2.97. The molecule has 1 rings (SSSR count). The Bertz CT molecular complexity index is 276. The molecule has 0 aliphatic carbocycles. The molecule has 1 aromatic carbocycles. The van der Waals surface area contributed by atoms with Gasteiger partial charge in [0.15, 0.2) is 0 Å². The van der Waals surface area contributed by atoms with Crippen LogP contribution < -0.4 is 9.47 Å². The summed E-state index contributed by atoms with van der Waals surface area (Å²) in [4.78, 5) is 0. The van der Waals surface area contributed by atoms with Crippen molar-refractivity contribution in [2.45, 2.75) is 0 Å². The van der Waals surface area contributed by atoms with E-state index in [1.807, 2.05) is 0 Å². The highest BCUT2D eigenvalue weighted by Gasteiger charge is 2.02. The Balaban J connectivity index is 2.78. The molecule has 0 atom stereocenters. The van der Waals surface area contributed by atoms with Gasteiger partial charge in [-0.2, -0.15) is 0 Å². The van der Waals surface area contributed by atoms with Gasteiger partial charge in [-0.05, 0) is 12.1 Å². The average Bonchev–Trinajstić information content (AvgIpc) is 2.17. The van der Waals surface area contributed by atoms with Crippen LogP contribution in [0.1, 0.15) is 0 Å². The van der Waals surface area contributed by atoms with Crippen molar-refractivity contribution in [1.82, 2.24) is 0 Å². The molecule has 13 heavy (non-hydrogen) atoms. The topological polar surface area (TPSA) is 18.5 Å². The first-order chi connectivity index (χ1) is 6.27. The molecule has 0 saturated heterocycles. The molecule has 0 N–H and O–H groups in total. The number of rotatable bonds is 4. The minimum absolute atomic E-state index is 0.438. The SMILES string of the molecule is COc1ccc(Cl)c(OCCCl)c1. The van der Waals surface area contributed by atoms with Crippen LogP contribution in [0.15, 0.2) is 18.2 Å². The minimum atomic E-state index is 0.438. The zero-order valence-corrected chi connectivity index (χ0v) is 8.73. The van der Waals surface area contributed by atoms with Gasteiger partial charge in [0, 0.05) is 6.07 Å². The van der Waals surface area contributed by atoms with Crippen molar-refractivity contribution in [2.75, 3.05) is 19.6 Å². The van der Waals surface area contributed by atoms with E-state index in [9.17, 15) is 0 Å². The largest absolute Gasteiger partial charge is 0.497 e. The van der Waals surface area contributed by atoms with E-state index >= 15 is 0 Å². The number of benzene rings is 1. The molecule has 0 aliphatic rings.